The molecule has 1 N–H and O–H groups in total. The van der Waals surface area contributed by atoms with Crippen molar-refractivity contribution in [2.75, 3.05) is 18.0 Å². The third-order valence-electron chi connectivity index (χ3n) is 3.77. The van der Waals surface area contributed by atoms with Gasteiger partial charge in [0.1, 0.15) is 0 Å². The summed E-state index contributed by atoms with van der Waals surface area (Å²) >= 11 is 1.67. The van der Waals surface area contributed by atoms with E-state index in [9.17, 15) is 4.79 Å². The van der Waals surface area contributed by atoms with Gasteiger partial charge in [0, 0.05) is 37.3 Å². The number of carbonyl (C=O) groups is 1. The number of thiazole rings is 1. The Morgan fingerprint density at radius 2 is 2.05 bits per heavy atom. The third kappa shape index (κ3) is 4.04. The predicted octanol–water partition coefficient (Wildman–Crippen LogP) is 2.39. The number of anilines is 1. The molecule has 2 aromatic heterocycles. The highest BCUT2D eigenvalue weighted by atomic mass is 32.1. The zero-order chi connectivity index (χ0) is 15.2. The van der Waals surface area contributed by atoms with Crippen LogP contribution in [0, 0.1) is 0 Å². The van der Waals surface area contributed by atoms with Crippen LogP contribution in [0.4, 0.5) is 5.13 Å². The van der Waals surface area contributed by atoms with Gasteiger partial charge in [-0.05, 0) is 37.0 Å². The Morgan fingerprint density at radius 1 is 1.27 bits per heavy atom. The van der Waals surface area contributed by atoms with Crippen LogP contribution in [0.2, 0.25) is 0 Å². The lowest BCUT2D eigenvalue weighted by atomic mass is 10.1. The van der Waals surface area contributed by atoms with Crippen LogP contribution < -0.4 is 10.2 Å². The monoisotopic (exact) mass is 316 g/mol. The van der Waals surface area contributed by atoms with Crippen molar-refractivity contribution in [1.82, 2.24) is 15.3 Å². The molecule has 0 bridgehead atoms. The zero-order valence-electron chi connectivity index (χ0n) is 12.5. The summed E-state index contributed by atoms with van der Waals surface area (Å²) in [7, 11) is 0. The van der Waals surface area contributed by atoms with Crippen molar-refractivity contribution in [3.8, 4) is 0 Å². The van der Waals surface area contributed by atoms with Crippen LogP contribution in [0.3, 0.4) is 0 Å². The Morgan fingerprint density at radius 3 is 2.82 bits per heavy atom. The number of pyridine rings is 1. The second-order valence-electron chi connectivity index (χ2n) is 5.45. The quantitative estimate of drug-likeness (QED) is 0.889. The van der Waals surface area contributed by atoms with Gasteiger partial charge in [-0.25, -0.2) is 4.98 Å². The average Bonchev–Trinajstić information content (AvgIpc) is 3.22. The number of nitrogens with one attached hydrogen (secondary N) is 1. The summed E-state index contributed by atoms with van der Waals surface area (Å²) in [6.07, 6.45) is 7.24. The van der Waals surface area contributed by atoms with Crippen molar-refractivity contribution in [3.05, 3.63) is 41.2 Å². The van der Waals surface area contributed by atoms with Crippen molar-refractivity contribution in [2.24, 2.45) is 0 Å². The molecule has 1 aliphatic heterocycles. The minimum Gasteiger partial charge on any atom is -0.350 e. The van der Waals surface area contributed by atoms with E-state index in [1.165, 1.54) is 12.8 Å². The van der Waals surface area contributed by atoms with E-state index in [2.05, 4.69) is 20.2 Å². The van der Waals surface area contributed by atoms with E-state index < -0.39 is 0 Å². The van der Waals surface area contributed by atoms with Crippen LogP contribution in [0.1, 0.15) is 30.5 Å². The fourth-order valence-corrected chi connectivity index (χ4v) is 3.40. The zero-order valence-corrected chi connectivity index (χ0v) is 13.3. The highest BCUT2D eigenvalue weighted by Crippen LogP contribution is 2.24. The summed E-state index contributed by atoms with van der Waals surface area (Å²) in [4.78, 5) is 22.8. The van der Waals surface area contributed by atoms with Crippen molar-refractivity contribution >= 4 is 22.4 Å². The minimum atomic E-state index is 0.0625. The molecule has 0 radical (unpaired) electrons. The van der Waals surface area contributed by atoms with E-state index in [-0.39, 0.29) is 5.91 Å². The first-order chi connectivity index (χ1) is 10.8. The first-order valence-corrected chi connectivity index (χ1v) is 8.54. The Labute approximate surface area is 134 Å². The number of amides is 1. The van der Waals surface area contributed by atoms with E-state index in [0.29, 0.717) is 13.0 Å². The van der Waals surface area contributed by atoms with Crippen molar-refractivity contribution in [3.63, 3.8) is 0 Å². The molecular weight excluding hydrogens is 296 g/mol. The summed E-state index contributed by atoms with van der Waals surface area (Å²) in [6.45, 7) is 2.72. The van der Waals surface area contributed by atoms with Gasteiger partial charge in [0.2, 0.25) is 5.91 Å². The Balaban J connectivity index is 1.43. The molecular formula is C16H20N4OS. The van der Waals surface area contributed by atoms with E-state index >= 15 is 0 Å². The molecule has 5 nitrogen and oxygen atoms in total. The lowest BCUT2D eigenvalue weighted by molar-refractivity contribution is -0.121. The standard InChI is InChI=1S/C16H20N4OS/c21-15(4-3-13-5-7-17-8-6-13)18-11-14-12-22-16(19-14)20-9-1-2-10-20/h5-8,12H,1-4,9-11H2,(H,18,21). The van der Waals surface area contributed by atoms with Gasteiger partial charge in [-0.1, -0.05) is 0 Å². The van der Waals surface area contributed by atoms with Gasteiger partial charge >= 0.3 is 0 Å². The van der Waals surface area contributed by atoms with Gasteiger partial charge in [0.05, 0.1) is 12.2 Å². The average molecular weight is 316 g/mol. The van der Waals surface area contributed by atoms with Crippen molar-refractivity contribution in [1.29, 1.82) is 0 Å². The summed E-state index contributed by atoms with van der Waals surface area (Å²) in [6, 6.07) is 3.88. The summed E-state index contributed by atoms with van der Waals surface area (Å²) in [5.41, 5.74) is 2.08. The van der Waals surface area contributed by atoms with E-state index in [0.717, 1.165) is 35.9 Å². The highest BCUT2D eigenvalue weighted by Gasteiger charge is 2.15. The Hall–Kier alpha value is -1.95. The Kier molecular flexibility index (Phi) is 5.00. The molecule has 22 heavy (non-hydrogen) atoms. The topological polar surface area (TPSA) is 58.1 Å². The third-order valence-corrected chi connectivity index (χ3v) is 4.72. The van der Waals surface area contributed by atoms with Crippen molar-refractivity contribution < 1.29 is 4.79 Å². The number of hydrogen-bond donors (Lipinski definition) is 1. The molecule has 2 aromatic rings. The molecule has 0 unspecified atom stereocenters. The molecule has 1 aliphatic rings. The number of carbonyl (C=O) groups excluding carboxylic acids is 1. The van der Waals surface area contributed by atoms with Crippen LogP contribution in [0.15, 0.2) is 29.9 Å². The summed E-state index contributed by atoms with van der Waals surface area (Å²) in [5.74, 6) is 0.0625. The molecule has 0 spiro atoms. The highest BCUT2D eigenvalue weighted by molar-refractivity contribution is 7.13. The Bertz CT molecular complexity index is 608. The first kappa shape index (κ1) is 15.0. The lowest BCUT2D eigenvalue weighted by Crippen LogP contribution is -2.23. The number of nitrogens with zero attached hydrogens (tertiary/aromatic N) is 3. The van der Waals surface area contributed by atoms with Gasteiger partial charge in [0.15, 0.2) is 5.13 Å². The fourth-order valence-electron chi connectivity index (χ4n) is 2.52. The molecule has 0 aromatic carbocycles. The van der Waals surface area contributed by atoms with Gasteiger partial charge in [-0.2, -0.15) is 0 Å². The van der Waals surface area contributed by atoms with Crippen LogP contribution in [0.25, 0.3) is 0 Å². The molecule has 1 amide bonds. The van der Waals surface area contributed by atoms with Gasteiger partial charge in [-0.3, -0.25) is 9.78 Å². The summed E-state index contributed by atoms with van der Waals surface area (Å²) in [5, 5.41) is 6.06. The van der Waals surface area contributed by atoms with E-state index in [4.69, 9.17) is 0 Å². The second kappa shape index (κ2) is 7.35. The van der Waals surface area contributed by atoms with Crippen LogP contribution >= 0.6 is 11.3 Å². The number of hydrogen-bond acceptors (Lipinski definition) is 5. The molecule has 1 saturated heterocycles. The van der Waals surface area contributed by atoms with Gasteiger partial charge in [-0.15, -0.1) is 11.3 Å². The van der Waals surface area contributed by atoms with Gasteiger partial charge in [0.25, 0.3) is 0 Å². The largest absolute Gasteiger partial charge is 0.350 e. The number of aromatic nitrogens is 2. The smallest absolute Gasteiger partial charge is 0.220 e. The SMILES string of the molecule is O=C(CCc1ccncc1)NCc1csc(N2CCCC2)n1. The maximum atomic E-state index is 11.9. The second-order valence-corrected chi connectivity index (χ2v) is 6.28. The van der Waals surface area contributed by atoms with E-state index in [1.54, 1.807) is 23.7 Å². The molecule has 3 heterocycles. The first-order valence-electron chi connectivity index (χ1n) is 7.66. The lowest BCUT2D eigenvalue weighted by Gasteiger charge is -2.12. The van der Waals surface area contributed by atoms with Crippen molar-refractivity contribution in [2.45, 2.75) is 32.2 Å². The molecule has 6 heteroatoms. The van der Waals surface area contributed by atoms with Crippen LogP contribution in [-0.2, 0) is 17.8 Å². The minimum absolute atomic E-state index is 0.0625. The molecule has 3 rings (SSSR count). The molecule has 0 atom stereocenters. The molecule has 1 fully saturated rings. The number of aryl methyl sites for hydroxylation is 1. The molecule has 116 valence electrons. The fraction of sp³-hybridized carbons (Fsp3) is 0.438. The maximum absolute atomic E-state index is 11.9. The maximum Gasteiger partial charge on any atom is 0.220 e. The normalized spacial score (nSPS) is 14.3. The number of rotatable bonds is 6. The molecule has 0 saturated carbocycles. The molecule has 0 aliphatic carbocycles. The summed E-state index contributed by atoms with van der Waals surface area (Å²) < 4.78 is 0. The van der Waals surface area contributed by atoms with Crippen LogP contribution in [0.5, 0.6) is 0 Å². The van der Waals surface area contributed by atoms with E-state index in [1.807, 2.05) is 17.5 Å². The predicted molar refractivity (Wildman–Crippen MR) is 88.0 cm³/mol. The van der Waals surface area contributed by atoms with Crippen LogP contribution in [-0.4, -0.2) is 29.0 Å². The van der Waals surface area contributed by atoms with Gasteiger partial charge < -0.3 is 10.2 Å².